The Hall–Kier alpha value is -8.30. The summed E-state index contributed by atoms with van der Waals surface area (Å²) in [5.41, 5.74) is -4.83. The summed E-state index contributed by atoms with van der Waals surface area (Å²) >= 11 is 0. The molecule has 0 atom stereocenters. The Morgan fingerprint density at radius 1 is 0.333 bits per heavy atom. The molecule has 44 heteroatoms. The fraction of sp³-hybridized carbons (Fsp3) is 0.690. The Balaban J connectivity index is 0.735. The first-order valence-corrected chi connectivity index (χ1v) is 39.9. The first-order valence-electron chi connectivity index (χ1n) is 33.5. The molecule has 14 aliphatic rings. The Morgan fingerprint density at radius 2 is 0.569 bits per heavy atom. The van der Waals surface area contributed by atoms with Gasteiger partial charge in [0.2, 0.25) is 0 Å². The summed E-state index contributed by atoms with van der Waals surface area (Å²) in [5.74, 6) is -0.729. The number of allylic oxidation sites excluding steroid dienone is 2. The van der Waals surface area contributed by atoms with Crippen molar-refractivity contribution in [1.29, 1.82) is 0 Å². The lowest BCUT2D eigenvalue weighted by atomic mass is 9.93. The molecule has 0 spiro atoms. The topological polar surface area (TPSA) is 443 Å². The molecule has 0 radical (unpaired) electrons. The molecule has 15 rings (SSSR count). The van der Waals surface area contributed by atoms with Crippen LogP contribution in [0.4, 0.5) is 38.4 Å². The third-order valence-corrected chi connectivity index (χ3v) is 26.4. The predicted octanol–water partition coefficient (Wildman–Crippen LogP) is 1.33. The van der Waals surface area contributed by atoms with E-state index in [0.29, 0.717) is 33.8 Å². The highest BCUT2D eigenvalue weighted by Crippen LogP contribution is 2.59. The summed E-state index contributed by atoms with van der Waals surface area (Å²) in [6.45, 7) is 2.62. The number of benzene rings is 1. The summed E-state index contributed by atoms with van der Waals surface area (Å²) in [6.07, 6.45) is -3.60. The van der Waals surface area contributed by atoms with Gasteiger partial charge in [0, 0.05) is 35.1 Å². The first kappa shape index (κ1) is 69.4. The first-order chi connectivity index (χ1) is 47.9. The highest BCUT2D eigenvalue weighted by Gasteiger charge is 2.80. The molecule has 13 aliphatic heterocycles. The number of carbonyl (C=O) groups excluding carboxylic acids is 8. The maximum atomic E-state index is 15.7. The Kier molecular flexibility index (Phi) is 16.1. The van der Waals surface area contributed by atoms with E-state index in [9.17, 15) is 51.9 Å². The van der Waals surface area contributed by atoms with E-state index < -0.39 is 199 Å². The highest BCUT2D eigenvalue weighted by molar-refractivity contribution is 7.86. The van der Waals surface area contributed by atoms with Gasteiger partial charge in [-0.1, -0.05) is 0 Å². The number of hydrogen-bond acceptors (Lipinski definition) is 20. The van der Waals surface area contributed by atoms with E-state index in [1.54, 1.807) is 39.8 Å². The number of amides is 16. The predicted molar refractivity (Wildman–Crippen MR) is 343 cm³/mol. The van der Waals surface area contributed by atoms with Crippen LogP contribution in [0.1, 0.15) is 103 Å². The normalized spacial score (nSPS) is 30.0. The summed E-state index contributed by atoms with van der Waals surface area (Å²) in [7, 11) is -17.1. The average Bonchev–Trinajstić information content (AvgIpc) is 1.49. The van der Waals surface area contributed by atoms with Crippen molar-refractivity contribution in [2.45, 2.75) is 152 Å². The summed E-state index contributed by atoms with van der Waals surface area (Å²) in [4.78, 5) is 148. The van der Waals surface area contributed by atoms with Crippen LogP contribution in [0, 0.1) is 0 Å². The fourth-order valence-corrected chi connectivity index (χ4v) is 20.0. The van der Waals surface area contributed by atoms with E-state index in [1.165, 1.54) is 78.4 Å². The molecule has 558 valence electrons. The number of rotatable bonds is 24. The van der Waals surface area contributed by atoms with Crippen LogP contribution < -0.4 is 9.47 Å². The zero-order chi connectivity index (χ0) is 72.8. The Labute approximate surface area is 585 Å². The van der Waals surface area contributed by atoms with Crippen LogP contribution in [0.5, 0.6) is 11.5 Å². The molecule has 1 aromatic rings. The highest BCUT2D eigenvalue weighted by atomic mass is 32.2. The zero-order valence-corrected chi connectivity index (χ0v) is 59.3. The van der Waals surface area contributed by atoms with Crippen LogP contribution in [0.2, 0.25) is 0 Å². The number of fused-ring (bicyclic) bond motifs is 2. The quantitative estimate of drug-likeness (QED) is 0.0838. The fourth-order valence-electron chi connectivity index (χ4n) is 17.7. The largest absolute Gasteiger partial charge is 0.498 e. The lowest BCUT2D eigenvalue weighted by Gasteiger charge is -2.49. The molecule has 12 fully saturated rings. The number of ether oxygens (including phenoxy) is 4. The van der Waals surface area contributed by atoms with E-state index >= 15 is 38.4 Å². The van der Waals surface area contributed by atoms with E-state index in [2.05, 4.69) is 0 Å². The molecule has 102 heavy (non-hydrogen) atoms. The lowest BCUT2D eigenvalue weighted by molar-refractivity contribution is -0.0867. The molecule has 40 nitrogen and oxygen atoms in total. The third-order valence-electron chi connectivity index (χ3n) is 23.2. The number of urea groups is 8. The number of hydrogen-bond donors (Lipinski definition) is 4. The SMILES string of the molecule is CC12N3CC4=C(OCCCCS(=O)(=O)O)CCC(OCCCCS(=O)(=O)O)=C4CN1C(=O)N1CN4C(=O)N5CN6C(=O)N7CN8C(=O)N9Cc%10c(OCCCCS(=O)(=O)O)ccc(OCCCCS(=O)(=O)O)c%10CN%10C(=O)N(CN%11C(=O)N(CN%12C(=O)N(CN(C3=O)C12C)C4C%125)C6C%117)C8(C)C%109C. The standard InChI is InChI=1S/C58H78N16O24S4/c1-55-57(3)71-31-63-45-43-59(47(63)75)29-61-44-46-65(49(61)77)33-73-53(81)69-27-37-38(42(98-20-8-12-24-102(92,93)94)16-15-41(37)97-19-7-11-23-101(89,90)91)28-70-54(82)74(58(73,4)56(69,70)2)34-66(46)50(78)62(44)30-60(43)48(76)64(45)32-72(57)52(80)68(55)26-36-35(25-67(55)51(71)79)39(95-17-5-9-21-99(83,84)85)13-14-40(36)96-18-6-10-22-100(86,87)88/h13-14,43-46H,5-12,15-34H2,1-4H3,(H,83,84,85)(H,86,87,88)(H,89,90,91)(H,92,93,94). The summed E-state index contributed by atoms with van der Waals surface area (Å²) < 4.78 is 155. The van der Waals surface area contributed by atoms with Crippen molar-refractivity contribution < 1.29 is 109 Å². The van der Waals surface area contributed by atoms with Crippen LogP contribution in [0.3, 0.4) is 0 Å². The van der Waals surface area contributed by atoms with E-state index in [-0.39, 0.29) is 128 Å². The van der Waals surface area contributed by atoms with Gasteiger partial charge < -0.3 is 18.9 Å². The van der Waals surface area contributed by atoms with Gasteiger partial charge in [-0.2, -0.15) is 33.7 Å². The van der Waals surface area contributed by atoms with Crippen LogP contribution in [0.15, 0.2) is 34.8 Å². The molecule has 4 N–H and O–H groups in total. The van der Waals surface area contributed by atoms with E-state index in [0.717, 1.165) is 0 Å². The zero-order valence-electron chi connectivity index (χ0n) is 56.0. The van der Waals surface area contributed by atoms with Gasteiger partial charge in [-0.05, 0) is 91.2 Å². The molecule has 0 saturated carbocycles. The van der Waals surface area contributed by atoms with Crippen LogP contribution in [-0.4, -0.2) is 328 Å². The van der Waals surface area contributed by atoms with Crippen molar-refractivity contribution in [3.8, 4) is 11.5 Å². The molecular weight excluding hydrogens is 1430 g/mol. The molecule has 1 aromatic carbocycles. The van der Waals surface area contributed by atoms with Crippen molar-refractivity contribution in [3.05, 3.63) is 45.9 Å². The van der Waals surface area contributed by atoms with Crippen molar-refractivity contribution in [2.75, 3.05) is 103 Å². The van der Waals surface area contributed by atoms with Crippen LogP contribution in [0.25, 0.3) is 0 Å². The van der Waals surface area contributed by atoms with Crippen molar-refractivity contribution in [1.82, 2.24) is 78.4 Å². The van der Waals surface area contributed by atoms with Crippen molar-refractivity contribution >= 4 is 88.7 Å². The van der Waals surface area contributed by atoms with E-state index in [4.69, 9.17) is 18.9 Å². The van der Waals surface area contributed by atoms with Crippen molar-refractivity contribution in [2.24, 2.45) is 0 Å². The van der Waals surface area contributed by atoms with Gasteiger partial charge in [-0.3, -0.25) is 96.6 Å². The number of unbranched alkanes of at least 4 members (excludes halogenated alkanes) is 4. The van der Waals surface area contributed by atoms with Gasteiger partial charge in [0.15, 0.2) is 47.3 Å². The van der Waals surface area contributed by atoms with Crippen LogP contribution >= 0.6 is 0 Å². The Bertz CT molecular complexity index is 4160. The molecule has 13 heterocycles. The summed E-state index contributed by atoms with van der Waals surface area (Å²) in [6, 6.07) is -2.32. The second-order valence-corrected chi connectivity index (χ2v) is 34.6. The minimum atomic E-state index is -4.28. The monoisotopic (exact) mass is 1510 g/mol. The molecule has 16 amide bonds. The van der Waals surface area contributed by atoms with Gasteiger partial charge in [0.25, 0.3) is 40.5 Å². The molecular formula is C58H78N16O24S4. The molecule has 12 saturated heterocycles. The third kappa shape index (κ3) is 10.2. The van der Waals surface area contributed by atoms with Gasteiger partial charge in [0.05, 0.1) is 75.6 Å². The maximum Gasteiger partial charge on any atom is 0.326 e. The smallest absolute Gasteiger partial charge is 0.326 e. The average molecular weight is 1510 g/mol. The molecule has 0 aromatic heterocycles. The van der Waals surface area contributed by atoms with Crippen molar-refractivity contribution in [3.63, 3.8) is 0 Å². The molecule has 0 bridgehead atoms. The molecule has 0 unspecified atom stereocenters. The van der Waals surface area contributed by atoms with Gasteiger partial charge >= 0.3 is 48.2 Å². The number of carbonyl (C=O) groups is 8. The Morgan fingerprint density at radius 3 is 0.833 bits per heavy atom. The molecule has 1 aliphatic carbocycles. The minimum absolute atomic E-state index is 0.0108. The van der Waals surface area contributed by atoms with Gasteiger partial charge in [-0.15, -0.1) is 0 Å². The number of nitrogens with zero attached hydrogens (tertiary/aromatic N) is 16. The minimum Gasteiger partial charge on any atom is -0.498 e. The van der Waals surface area contributed by atoms with E-state index in [1.807, 2.05) is 0 Å². The lowest BCUT2D eigenvalue weighted by Crippen LogP contribution is -2.69. The van der Waals surface area contributed by atoms with Gasteiger partial charge in [0.1, 0.15) is 63.0 Å². The second-order valence-electron chi connectivity index (χ2n) is 28.4. The second kappa shape index (κ2) is 23.6. The summed E-state index contributed by atoms with van der Waals surface area (Å²) in [5, 5.41) is 0. The van der Waals surface area contributed by atoms with Gasteiger partial charge in [-0.25, -0.2) is 38.4 Å². The maximum absolute atomic E-state index is 15.7. The van der Waals surface area contributed by atoms with Crippen LogP contribution in [-0.2, 0) is 63.0 Å².